The van der Waals surface area contributed by atoms with Gasteiger partial charge >= 0.3 is 0 Å². The summed E-state index contributed by atoms with van der Waals surface area (Å²) in [4.78, 5) is 15.4. The zero-order chi connectivity index (χ0) is 11.1. The molecule has 0 aliphatic heterocycles. The van der Waals surface area contributed by atoms with Crippen molar-refractivity contribution in [2.75, 3.05) is 20.3 Å². The van der Waals surface area contributed by atoms with Crippen molar-refractivity contribution in [1.82, 2.24) is 10.3 Å². The first-order valence-electron chi connectivity index (χ1n) is 4.89. The predicted molar refractivity (Wildman–Crippen MR) is 54.4 cm³/mol. The van der Waals surface area contributed by atoms with E-state index < -0.39 is 0 Å². The lowest BCUT2D eigenvalue weighted by atomic mass is 10.2. The van der Waals surface area contributed by atoms with Crippen molar-refractivity contribution >= 4 is 5.91 Å². The molecule has 0 fully saturated rings. The molecule has 0 atom stereocenters. The molecule has 0 aliphatic rings. The molecule has 0 aromatic carbocycles. The molecule has 0 saturated heterocycles. The molecule has 5 heteroatoms. The van der Waals surface area contributed by atoms with Gasteiger partial charge in [0.15, 0.2) is 5.89 Å². The van der Waals surface area contributed by atoms with Gasteiger partial charge in [0.25, 0.3) is 0 Å². The van der Waals surface area contributed by atoms with E-state index in [2.05, 4.69) is 10.3 Å². The van der Waals surface area contributed by atoms with E-state index in [1.54, 1.807) is 20.3 Å². The van der Waals surface area contributed by atoms with Crippen LogP contribution in [0.2, 0.25) is 0 Å². The van der Waals surface area contributed by atoms with Gasteiger partial charge in [0.2, 0.25) is 5.91 Å². The molecule has 0 aliphatic carbocycles. The van der Waals surface area contributed by atoms with E-state index in [-0.39, 0.29) is 5.91 Å². The Bertz CT molecular complexity index is 309. The second-order valence-electron chi connectivity index (χ2n) is 3.20. The van der Waals surface area contributed by atoms with E-state index in [9.17, 15) is 4.79 Å². The standard InChI is InChI=1S/C10H16N2O3/c1-8-12-9(7-15-8)3-4-10(13)11-5-6-14-2/h7H,3-6H2,1-2H3,(H,11,13). The maximum Gasteiger partial charge on any atom is 0.220 e. The van der Waals surface area contributed by atoms with E-state index >= 15 is 0 Å². The number of nitrogens with zero attached hydrogens (tertiary/aromatic N) is 1. The molecule has 1 aromatic heterocycles. The largest absolute Gasteiger partial charge is 0.449 e. The molecule has 15 heavy (non-hydrogen) atoms. The number of hydrogen-bond donors (Lipinski definition) is 1. The Morgan fingerprint density at radius 1 is 1.67 bits per heavy atom. The summed E-state index contributed by atoms with van der Waals surface area (Å²) in [6.45, 7) is 2.87. The number of rotatable bonds is 6. The van der Waals surface area contributed by atoms with Gasteiger partial charge in [-0.15, -0.1) is 0 Å². The molecular weight excluding hydrogens is 196 g/mol. The fraction of sp³-hybridized carbons (Fsp3) is 0.600. The maximum atomic E-state index is 11.3. The van der Waals surface area contributed by atoms with Crippen LogP contribution in [-0.2, 0) is 16.0 Å². The zero-order valence-corrected chi connectivity index (χ0v) is 9.08. The number of hydrogen-bond acceptors (Lipinski definition) is 4. The van der Waals surface area contributed by atoms with Crippen molar-refractivity contribution in [1.29, 1.82) is 0 Å². The SMILES string of the molecule is COCCNC(=O)CCc1coc(C)n1. The highest BCUT2D eigenvalue weighted by atomic mass is 16.5. The van der Waals surface area contributed by atoms with E-state index in [4.69, 9.17) is 9.15 Å². The van der Waals surface area contributed by atoms with Gasteiger partial charge in [0.05, 0.1) is 12.3 Å². The molecule has 1 rings (SSSR count). The number of amides is 1. The highest BCUT2D eigenvalue weighted by Gasteiger charge is 2.04. The zero-order valence-electron chi connectivity index (χ0n) is 9.08. The van der Waals surface area contributed by atoms with Gasteiger partial charge in [0, 0.05) is 33.4 Å². The molecule has 1 aromatic rings. The fourth-order valence-electron chi connectivity index (χ4n) is 1.15. The Kier molecular flexibility index (Phi) is 4.83. The quantitative estimate of drug-likeness (QED) is 0.704. The van der Waals surface area contributed by atoms with Crippen LogP contribution >= 0.6 is 0 Å². The number of methoxy groups -OCH3 is 1. The van der Waals surface area contributed by atoms with Crippen molar-refractivity contribution in [3.05, 3.63) is 17.8 Å². The molecule has 5 nitrogen and oxygen atoms in total. The number of carbonyl (C=O) groups is 1. The van der Waals surface area contributed by atoms with Gasteiger partial charge in [-0.05, 0) is 0 Å². The first-order chi connectivity index (χ1) is 7.22. The van der Waals surface area contributed by atoms with Crippen molar-refractivity contribution in [3.63, 3.8) is 0 Å². The van der Waals surface area contributed by atoms with Gasteiger partial charge < -0.3 is 14.5 Å². The summed E-state index contributed by atoms with van der Waals surface area (Å²) in [6.07, 6.45) is 2.61. The van der Waals surface area contributed by atoms with Crippen LogP contribution in [0.4, 0.5) is 0 Å². The Balaban J connectivity index is 2.16. The lowest BCUT2D eigenvalue weighted by Gasteiger charge is -2.02. The Morgan fingerprint density at radius 3 is 3.07 bits per heavy atom. The number of carbonyl (C=O) groups excluding carboxylic acids is 1. The Hall–Kier alpha value is -1.36. The number of nitrogens with one attached hydrogen (secondary N) is 1. The molecule has 84 valence electrons. The van der Waals surface area contributed by atoms with Gasteiger partial charge in [-0.2, -0.15) is 0 Å². The van der Waals surface area contributed by atoms with Crippen LogP contribution in [0.3, 0.4) is 0 Å². The number of aromatic nitrogens is 1. The van der Waals surface area contributed by atoms with Crippen LogP contribution in [0.1, 0.15) is 18.0 Å². The Labute approximate surface area is 88.8 Å². The topological polar surface area (TPSA) is 64.4 Å². The third kappa shape index (κ3) is 4.60. The van der Waals surface area contributed by atoms with Crippen LogP contribution in [0, 0.1) is 6.92 Å². The molecule has 0 unspecified atom stereocenters. The van der Waals surface area contributed by atoms with Crippen molar-refractivity contribution in [2.24, 2.45) is 0 Å². The van der Waals surface area contributed by atoms with E-state index in [0.29, 0.717) is 31.9 Å². The lowest BCUT2D eigenvalue weighted by molar-refractivity contribution is -0.121. The van der Waals surface area contributed by atoms with Crippen LogP contribution in [0.15, 0.2) is 10.7 Å². The minimum absolute atomic E-state index is 0.00713. The summed E-state index contributed by atoms with van der Waals surface area (Å²) >= 11 is 0. The van der Waals surface area contributed by atoms with Crippen molar-refractivity contribution in [2.45, 2.75) is 19.8 Å². The van der Waals surface area contributed by atoms with Crippen molar-refractivity contribution in [3.8, 4) is 0 Å². The van der Waals surface area contributed by atoms with Crippen LogP contribution in [0.25, 0.3) is 0 Å². The number of oxazole rings is 1. The Morgan fingerprint density at radius 2 is 2.47 bits per heavy atom. The van der Waals surface area contributed by atoms with E-state index in [1.165, 1.54) is 0 Å². The first kappa shape index (κ1) is 11.7. The summed E-state index contributed by atoms with van der Waals surface area (Å²) < 4.78 is 9.85. The molecule has 1 heterocycles. The molecule has 0 spiro atoms. The van der Waals surface area contributed by atoms with Crippen LogP contribution in [-0.4, -0.2) is 31.2 Å². The third-order valence-corrected chi connectivity index (χ3v) is 1.90. The highest BCUT2D eigenvalue weighted by molar-refractivity contribution is 5.76. The maximum absolute atomic E-state index is 11.3. The number of ether oxygens (including phenoxy) is 1. The predicted octanol–water partition coefficient (Wildman–Crippen LogP) is 0.678. The molecule has 0 bridgehead atoms. The molecule has 0 saturated carbocycles. The van der Waals surface area contributed by atoms with Gasteiger partial charge in [-0.25, -0.2) is 4.98 Å². The van der Waals surface area contributed by atoms with Crippen LogP contribution in [0.5, 0.6) is 0 Å². The normalized spacial score (nSPS) is 10.3. The summed E-state index contributed by atoms with van der Waals surface area (Å²) in [6, 6.07) is 0. The lowest BCUT2D eigenvalue weighted by Crippen LogP contribution is -2.27. The van der Waals surface area contributed by atoms with Gasteiger partial charge in [-0.1, -0.05) is 0 Å². The monoisotopic (exact) mass is 212 g/mol. The highest BCUT2D eigenvalue weighted by Crippen LogP contribution is 2.02. The smallest absolute Gasteiger partial charge is 0.220 e. The molecule has 1 amide bonds. The third-order valence-electron chi connectivity index (χ3n) is 1.90. The summed E-state index contributed by atoms with van der Waals surface area (Å²) in [5.74, 6) is 0.637. The van der Waals surface area contributed by atoms with E-state index in [1.807, 2.05) is 0 Å². The second kappa shape index (κ2) is 6.19. The molecule has 1 N–H and O–H groups in total. The average molecular weight is 212 g/mol. The van der Waals surface area contributed by atoms with Gasteiger partial charge in [-0.3, -0.25) is 4.79 Å². The minimum Gasteiger partial charge on any atom is -0.449 e. The van der Waals surface area contributed by atoms with Crippen LogP contribution < -0.4 is 5.32 Å². The summed E-state index contributed by atoms with van der Waals surface area (Å²) in [5, 5.41) is 2.74. The minimum atomic E-state index is 0.00713. The fourth-order valence-corrected chi connectivity index (χ4v) is 1.15. The molecule has 0 radical (unpaired) electrons. The van der Waals surface area contributed by atoms with Gasteiger partial charge in [0.1, 0.15) is 6.26 Å². The first-order valence-corrected chi connectivity index (χ1v) is 4.89. The van der Waals surface area contributed by atoms with Crippen molar-refractivity contribution < 1.29 is 13.9 Å². The summed E-state index contributed by atoms with van der Waals surface area (Å²) in [5.41, 5.74) is 0.814. The molecular formula is C10H16N2O3. The second-order valence-corrected chi connectivity index (χ2v) is 3.20. The average Bonchev–Trinajstić information content (AvgIpc) is 2.62. The number of aryl methyl sites for hydroxylation is 2. The summed E-state index contributed by atoms with van der Waals surface area (Å²) in [7, 11) is 1.60. The van der Waals surface area contributed by atoms with E-state index in [0.717, 1.165) is 5.69 Å².